The Morgan fingerprint density at radius 1 is 1.56 bits per heavy atom. The van der Waals surface area contributed by atoms with E-state index >= 15 is 0 Å². The lowest BCUT2D eigenvalue weighted by atomic mass is 10.1. The van der Waals surface area contributed by atoms with Crippen molar-refractivity contribution in [3.8, 4) is 0 Å². The summed E-state index contributed by atoms with van der Waals surface area (Å²) in [5, 5.41) is 7.01. The third-order valence-corrected chi connectivity index (χ3v) is 2.98. The molecule has 1 fully saturated rings. The Hall–Kier alpha value is -1.26. The number of nitrogens with two attached hydrogens (primary N) is 1. The quantitative estimate of drug-likeness (QED) is 0.743. The van der Waals surface area contributed by atoms with Gasteiger partial charge in [-0.1, -0.05) is 11.6 Å². The first-order valence-corrected chi connectivity index (χ1v) is 5.61. The lowest BCUT2D eigenvalue weighted by molar-refractivity contribution is 0.100. The minimum absolute atomic E-state index is 0.358. The zero-order valence-electron chi connectivity index (χ0n) is 8.79. The maximum atomic E-state index is 11.0. The number of hydrogen-bond donors (Lipinski definition) is 3. The highest BCUT2D eigenvalue weighted by molar-refractivity contribution is 6.34. The molecule has 1 saturated heterocycles. The van der Waals surface area contributed by atoms with Crippen molar-refractivity contribution in [1.82, 2.24) is 5.32 Å². The van der Waals surface area contributed by atoms with Crippen molar-refractivity contribution in [2.75, 3.05) is 18.4 Å². The van der Waals surface area contributed by atoms with Crippen molar-refractivity contribution in [3.63, 3.8) is 0 Å². The van der Waals surface area contributed by atoms with Crippen molar-refractivity contribution in [3.05, 3.63) is 28.8 Å². The zero-order chi connectivity index (χ0) is 11.5. The Morgan fingerprint density at radius 3 is 2.94 bits per heavy atom. The van der Waals surface area contributed by atoms with Gasteiger partial charge in [-0.05, 0) is 31.2 Å². The maximum absolute atomic E-state index is 11.0. The van der Waals surface area contributed by atoms with Crippen LogP contribution in [-0.2, 0) is 0 Å². The molecule has 0 aliphatic carbocycles. The van der Waals surface area contributed by atoms with E-state index < -0.39 is 5.91 Å². The molecule has 1 aliphatic heterocycles. The Labute approximate surface area is 99.2 Å². The molecule has 1 aliphatic rings. The number of primary amides is 1. The summed E-state index contributed by atoms with van der Waals surface area (Å²) in [6.07, 6.45) is 1.09. The molecular formula is C11H14ClN3O. The maximum Gasteiger partial charge on any atom is 0.250 e. The summed E-state index contributed by atoms with van der Waals surface area (Å²) in [6.45, 7) is 1.99. The molecule has 0 bridgehead atoms. The zero-order valence-corrected chi connectivity index (χ0v) is 9.55. The van der Waals surface area contributed by atoms with E-state index in [0.29, 0.717) is 16.6 Å². The fourth-order valence-electron chi connectivity index (χ4n) is 1.82. The first kappa shape index (κ1) is 11.2. The van der Waals surface area contributed by atoms with Gasteiger partial charge in [0.25, 0.3) is 0 Å². The molecule has 1 aromatic rings. The number of carbonyl (C=O) groups is 1. The van der Waals surface area contributed by atoms with Crippen LogP contribution in [0.15, 0.2) is 18.2 Å². The van der Waals surface area contributed by atoms with Crippen LogP contribution in [0.1, 0.15) is 16.8 Å². The Morgan fingerprint density at radius 2 is 2.38 bits per heavy atom. The number of hydrogen-bond acceptors (Lipinski definition) is 3. The molecule has 1 atom stereocenters. The molecule has 1 aromatic carbocycles. The average molecular weight is 240 g/mol. The minimum atomic E-state index is -0.501. The van der Waals surface area contributed by atoms with Crippen LogP contribution in [-0.4, -0.2) is 25.0 Å². The molecule has 0 radical (unpaired) electrons. The summed E-state index contributed by atoms with van der Waals surface area (Å²) in [5.41, 5.74) is 6.45. The highest BCUT2D eigenvalue weighted by Crippen LogP contribution is 2.21. The van der Waals surface area contributed by atoms with Gasteiger partial charge in [0.1, 0.15) is 0 Å². The summed E-state index contributed by atoms with van der Waals surface area (Å²) < 4.78 is 0. The smallest absolute Gasteiger partial charge is 0.250 e. The third kappa shape index (κ3) is 2.46. The SMILES string of the molecule is NC(=O)c1ccc(NC2CCNC2)cc1Cl. The predicted octanol–water partition coefficient (Wildman–Crippen LogP) is 1.21. The van der Waals surface area contributed by atoms with E-state index in [-0.39, 0.29) is 0 Å². The van der Waals surface area contributed by atoms with Gasteiger partial charge in [-0.2, -0.15) is 0 Å². The summed E-state index contributed by atoms with van der Waals surface area (Å²) >= 11 is 5.95. The van der Waals surface area contributed by atoms with Crippen LogP contribution in [0.2, 0.25) is 5.02 Å². The monoisotopic (exact) mass is 239 g/mol. The normalized spacial score (nSPS) is 19.7. The van der Waals surface area contributed by atoms with Gasteiger partial charge in [-0.3, -0.25) is 4.79 Å². The summed E-state index contributed by atoms with van der Waals surface area (Å²) in [6, 6.07) is 5.63. The van der Waals surface area contributed by atoms with Gasteiger partial charge in [0.2, 0.25) is 5.91 Å². The van der Waals surface area contributed by atoms with Crippen LogP contribution in [0.5, 0.6) is 0 Å². The molecule has 5 heteroatoms. The van der Waals surface area contributed by atoms with Gasteiger partial charge < -0.3 is 16.4 Å². The van der Waals surface area contributed by atoms with Crippen LogP contribution < -0.4 is 16.4 Å². The molecule has 4 nitrogen and oxygen atoms in total. The molecule has 0 aromatic heterocycles. The molecular weight excluding hydrogens is 226 g/mol. The minimum Gasteiger partial charge on any atom is -0.381 e. The molecule has 16 heavy (non-hydrogen) atoms. The second kappa shape index (κ2) is 4.72. The molecule has 0 saturated carbocycles. The van der Waals surface area contributed by atoms with Crippen molar-refractivity contribution < 1.29 is 4.79 Å². The second-order valence-corrected chi connectivity index (χ2v) is 4.30. The lowest BCUT2D eigenvalue weighted by Crippen LogP contribution is -2.22. The number of halogens is 1. The van der Waals surface area contributed by atoms with Crippen LogP contribution in [0.25, 0.3) is 0 Å². The fraction of sp³-hybridized carbons (Fsp3) is 0.364. The van der Waals surface area contributed by atoms with E-state index in [1.54, 1.807) is 12.1 Å². The first-order chi connectivity index (χ1) is 7.66. The number of nitrogens with one attached hydrogen (secondary N) is 2. The number of anilines is 1. The standard InChI is InChI=1S/C11H14ClN3O/c12-10-5-7(1-2-9(10)11(13)16)15-8-3-4-14-6-8/h1-2,5,8,14-15H,3-4,6H2,(H2,13,16). The van der Waals surface area contributed by atoms with Crippen molar-refractivity contribution in [1.29, 1.82) is 0 Å². The van der Waals surface area contributed by atoms with Crippen molar-refractivity contribution >= 4 is 23.2 Å². The molecule has 1 unspecified atom stereocenters. The highest BCUT2D eigenvalue weighted by Gasteiger charge is 2.14. The predicted molar refractivity (Wildman–Crippen MR) is 64.9 cm³/mol. The van der Waals surface area contributed by atoms with Crippen molar-refractivity contribution in [2.45, 2.75) is 12.5 Å². The molecule has 2 rings (SSSR count). The summed E-state index contributed by atoms with van der Waals surface area (Å²) in [4.78, 5) is 11.0. The van der Waals surface area contributed by atoms with E-state index in [1.807, 2.05) is 6.07 Å². The number of benzene rings is 1. The average Bonchev–Trinajstić information content (AvgIpc) is 2.70. The van der Waals surface area contributed by atoms with Gasteiger partial charge in [-0.15, -0.1) is 0 Å². The molecule has 1 amide bonds. The lowest BCUT2D eigenvalue weighted by Gasteiger charge is -2.13. The van der Waals surface area contributed by atoms with Gasteiger partial charge in [-0.25, -0.2) is 0 Å². The van der Waals surface area contributed by atoms with Crippen LogP contribution in [0.3, 0.4) is 0 Å². The molecule has 4 N–H and O–H groups in total. The Kier molecular flexibility index (Phi) is 3.31. The van der Waals surface area contributed by atoms with E-state index in [0.717, 1.165) is 25.2 Å². The van der Waals surface area contributed by atoms with Crippen molar-refractivity contribution in [2.24, 2.45) is 5.73 Å². The topological polar surface area (TPSA) is 67.2 Å². The van der Waals surface area contributed by atoms with Gasteiger partial charge in [0.05, 0.1) is 10.6 Å². The van der Waals surface area contributed by atoms with Gasteiger partial charge >= 0.3 is 0 Å². The third-order valence-electron chi connectivity index (χ3n) is 2.67. The number of amides is 1. The van der Waals surface area contributed by atoms with Gasteiger partial charge in [0, 0.05) is 18.3 Å². The van der Waals surface area contributed by atoms with E-state index in [1.165, 1.54) is 0 Å². The van der Waals surface area contributed by atoms with E-state index in [2.05, 4.69) is 10.6 Å². The first-order valence-electron chi connectivity index (χ1n) is 5.23. The number of carbonyl (C=O) groups excluding carboxylic acids is 1. The van der Waals surface area contributed by atoms with E-state index in [4.69, 9.17) is 17.3 Å². The molecule has 1 heterocycles. The summed E-state index contributed by atoms with van der Waals surface area (Å²) in [5.74, 6) is -0.501. The number of rotatable bonds is 3. The van der Waals surface area contributed by atoms with Gasteiger partial charge in [0.15, 0.2) is 0 Å². The van der Waals surface area contributed by atoms with Crippen LogP contribution in [0.4, 0.5) is 5.69 Å². The van der Waals surface area contributed by atoms with E-state index in [9.17, 15) is 4.79 Å². The van der Waals surface area contributed by atoms with Crippen LogP contribution in [0, 0.1) is 0 Å². The molecule has 0 spiro atoms. The summed E-state index contributed by atoms with van der Waals surface area (Å²) in [7, 11) is 0. The van der Waals surface area contributed by atoms with Crippen LogP contribution >= 0.6 is 11.6 Å². The fourth-order valence-corrected chi connectivity index (χ4v) is 2.09. The Balaban J connectivity index is 2.11. The molecule has 86 valence electrons. The highest BCUT2D eigenvalue weighted by atomic mass is 35.5. The Bertz CT molecular complexity index is 402. The largest absolute Gasteiger partial charge is 0.381 e. The second-order valence-electron chi connectivity index (χ2n) is 3.89.